The smallest absolute Gasteiger partial charge is 0.346 e. The largest absolute Gasteiger partial charge is 0.351 e. The van der Waals surface area contributed by atoms with Crippen LogP contribution in [0, 0.1) is 13.8 Å². The van der Waals surface area contributed by atoms with Crippen molar-refractivity contribution >= 4 is 5.91 Å². The molecule has 1 amide bonds. The number of benzene rings is 1. The van der Waals surface area contributed by atoms with Gasteiger partial charge in [-0.25, -0.2) is 4.79 Å². The zero-order valence-corrected chi connectivity index (χ0v) is 12.5. The number of aryl methyl sites for hydroxylation is 2. The second-order valence-electron chi connectivity index (χ2n) is 5.06. The van der Waals surface area contributed by atoms with Gasteiger partial charge < -0.3 is 10.3 Å². The molecule has 2 N–H and O–H groups in total. The van der Waals surface area contributed by atoms with Gasteiger partial charge in [0, 0.05) is 12.1 Å². The minimum Gasteiger partial charge on any atom is -0.351 e. The summed E-state index contributed by atoms with van der Waals surface area (Å²) in [5.74, 6) is -0.289. The maximum absolute atomic E-state index is 12.0. The van der Waals surface area contributed by atoms with Crippen molar-refractivity contribution in [1.29, 1.82) is 0 Å². The van der Waals surface area contributed by atoms with Crippen LogP contribution in [0.4, 0.5) is 0 Å². The van der Waals surface area contributed by atoms with E-state index in [0.717, 1.165) is 23.1 Å². The highest BCUT2D eigenvalue weighted by Crippen LogP contribution is 2.22. The molecule has 5 heteroatoms. The molecule has 0 fully saturated rings. The molecule has 0 unspecified atom stereocenters. The molecule has 0 atom stereocenters. The Morgan fingerprint density at radius 2 is 2.05 bits per heavy atom. The predicted octanol–water partition coefficient (Wildman–Crippen LogP) is 2.19. The Bertz CT molecular complexity index is 720. The molecular weight excluding hydrogens is 266 g/mol. The summed E-state index contributed by atoms with van der Waals surface area (Å²) >= 11 is 0. The molecule has 0 spiro atoms. The van der Waals surface area contributed by atoms with Crippen molar-refractivity contribution in [3.05, 3.63) is 51.6 Å². The van der Waals surface area contributed by atoms with E-state index in [-0.39, 0.29) is 11.6 Å². The molecule has 0 saturated heterocycles. The lowest BCUT2D eigenvalue weighted by Crippen LogP contribution is -2.28. The van der Waals surface area contributed by atoms with Gasteiger partial charge in [-0.15, -0.1) is 0 Å². The van der Waals surface area contributed by atoms with Crippen molar-refractivity contribution in [2.75, 3.05) is 6.54 Å². The van der Waals surface area contributed by atoms with Crippen molar-refractivity contribution in [2.24, 2.45) is 0 Å². The monoisotopic (exact) mass is 285 g/mol. The molecule has 110 valence electrons. The summed E-state index contributed by atoms with van der Waals surface area (Å²) in [7, 11) is 0. The van der Waals surface area contributed by atoms with Crippen LogP contribution in [0.3, 0.4) is 0 Å². The van der Waals surface area contributed by atoms with Gasteiger partial charge in [0.2, 0.25) is 0 Å². The molecule has 21 heavy (non-hydrogen) atoms. The first kappa shape index (κ1) is 15.0. The molecular formula is C16H19N3O2. The van der Waals surface area contributed by atoms with E-state index in [2.05, 4.69) is 15.3 Å². The normalized spacial score (nSPS) is 10.4. The Hall–Kier alpha value is -2.43. The van der Waals surface area contributed by atoms with E-state index in [1.807, 2.05) is 39.0 Å². The third-order valence-corrected chi connectivity index (χ3v) is 3.19. The number of hydrogen-bond donors (Lipinski definition) is 2. The fraction of sp³-hybridized carbons (Fsp3) is 0.312. The summed E-state index contributed by atoms with van der Waals surface area (Å²) in [6, 6.07) is 7.56. The number of nitrogens with zero attached hydrogens (tertiary/aromatic N) is 1. The second-order valence-corrected chi connectivity index (χ2v) is 5.06. The van der Waals surface area contributed by atoms with E-state index in [9.17, 15) is 9.59 Å². The van der Waals surface area contributed by atoms with Gasteiger partial charge in [-0.3, -0.25) is 4.79 Å². The number of carbonyl (C=O) groups is 1. The SMILES string of the molecule is CCCNC(=O)c1cc(-c2cc(C)ccc2C)nc(=O)[nH]1. The van der Waals surface area contributed by atoms with Crippen molar-refractivity contribution in [1.82, 2.24) is 15.3 Å². The molecule has 0 aliphatic heterocycles. The van der Waals surface area contributed by atoms with Crippen molar-refractivity contribution in [3.8, 4) is 11.3 Å². The van der Waals surface area contributed by atoms with E-state index < -0.39 is 5.69 Å². The lowest BCUT2D eigenvalue weighted by Gasteiger charge is -2.08. The summed E-state index contributed by atoms with van der Waals surface area (Å²) in [4.78, 5) is 30.2. The molecule has 0 aliphatic rings. The third kappa shape index (κ3) is 3.56. The maximum atomic E-state index is 12.0. The fourth-order valence-corrected chi connectivity index (χ4v) is 2.06. The topological polar surface area (TPSA) is 74.8 Å². The highest BCUT2D eigenvalue weighted by atomic mass is 16.2. The fourth-order valence-electron chi connectivity index (χ4n) is 2.06. The van der Waals surface area contributed by atoms with Crippen LogP contribution in [-0.2, 0) is 0 Å². The van der Waals surface area contributed by atoms with Crippen LogP contribution in [0.5, 0.6) is 0 Å². The van der Waals surface area contributed by atoms with Crippen LogP contribution >= 0.6 is 0 Å². The molecule has 1 heterocycles. The van der Waals surface area contributed by atoms with E-state index in [4.69, 9.17) is 0 Å². The molecule has 2 aromatic rings. The Balaban J connectivity index is 2.46. The Morgan fingerprint density at radius 1 is 1.29 bits per heavy atom. The average Bonchev–Trinajstić information content (AvgIpc) is 2.46. The summed E-state index contributed by atoms with van der Waals surface area (Å²) in [6.07, 6.45) is 0.838. The van der Waals surface area contributed by atoms with Gasteiger partial charge in [0.05, 0.1) is 5.69 Å². The van der Waals surface area contributed by atoms with E-state index in [0.29, 0.717) is 12.2 Å². The van der Waals surface area contributed by atoms with E-state index in [1.165, 1.54) is 0 Å². The molecule has 0 radical (unpaired) electrons. The molecule has 5 nitrogen and oxygen atoms in total. The summed E-state index contributed by atoms with van der Waals surface area (Å²) < 4.78 is 0. The summed E-state index contributed by atoms with van der Waals surface area (Å²) in [5, 5.41) is 2.74. The first-order valence-corrected chi connectivity index (χ1v) is 6.98. The van der Waals surface area contributed by atoms with Gasteiger partial charge in [0.25, 0.3) is 5.91 Å². The zero-order chi connectivity index (χ0) is 15.4. The van der Waals surface area contributed by atoms with Crippen molar-refractivity contribution in [3.63, 3.8) is 0 Å². The lowest BCUT2D eigenvalue weighted by molar-refractivity contribution is 0.0948. The summed E-state index contributed by atoms with van der Waals surface area (Å²) in [6.45, 7) is 6.47. The Labute approximate surface area is 123 Å². The number of aromatic amines is 1. The molecule has 0 saturated carbocycles. The number of nitrogens with one attached hydrogen (secondary N) is 2. The standard InChI is InChI=1S/C16H19N3O2/c1-4-7-17-15(20)14-9-13(18-16(21)19-14)12-8-10(2)5-6-11(12)3/h5-6,8-9H,4,7H2,1-3H3,(H,17,20)(H,18,19,21). The third-order valence-electron chi connectivity index (χ3n) is 3.19. The number of hydrogen-bond acceptors (Lipinski definition) is 3. The second kappa shape index (κ2) is 6.35. The van der Waals surface area contributed by atoms with E-state index in [1.54, 1.807) is 6.07 Å². The molecule has 1 aromatic heterocycles. The summed E-state index contributed by atoms with van der Waals surface area (Å²) in [5.41, 5.74) is 3.19. The number of aromatic nitrogens is 2. The van der Waals surface area contributed by atoms with Gasteiger partial charge in [-0.2, -0.15) is 4.98 Å². The van der Waals surface area contributed by atoms with E-state index >= 15 is 0 Å². The van der Waals surface area contributed by atoms with Gasteiger partial charge in [0.15, 0.2) is 0 Å². The Morgan fingerprint density at radius 3 is 2.76 bits per heavy atom. The molecule has 2 rings (SSSR count). The average molecular weight is 285 g/mol. The molecule has 0 aliphatic carbocycles. The van der Waals surface area contributed by atoms with Crippen molar-refractivity contribution in [2.45, 2.75) is 27.2 Å². The Kier molecular flexibility index (Phi) is 4.52. The maximum Gasteiger partial charge on any atom is 0.346 e. The number of H-pyrrole nitrogens is 1. The number of carbonyl (C=O) groups excluding carboxylic acids is 1. The first-order valence-electron chi connectivity index (χ1n) is 6.98. The minimum absolute atomic E-state index is 0.236. The zero-order valence-electron chi connectivity index (χ0n) is 12.5. The first-order chi connectivity index (χ1) is 10.0. The number of rotatable bonds is 4. The highest BCUT2D eigenvalue weighted by molar-refractivity contribution is 5.93. The highest BCUT2D eigenvalue weighted by Gasteiger charge is 2.11. The predicted molar refractivity (Wildman–Crippen MR) is 82.4 cm³/mol. The van der Waals surface area contributed by atoms with Gasteiger partial charge in [-0.1, -0.05) is 24.6 Å². The van der Waals surface area contributed by atoms with Crippen molar-refractivity contribution < 1.29 is 4.79 Å². The molecule has 0 bridgehead atoms. The van der Waals surface area contributed by atoms with Crippen LogP contribution in [0.15, 0.2) is 29.1 Å². The van der Waals surface area contributed by atoms with Gasteiger partial charge in [-0.05, 0) is 38.0 Å². The van der Waals surface area contributed by atoms with Crippen LogP contribution < -0.4 is 11.0 Å². The minimum atomic E-state index is -0.518. The van der Waals surface area contributed by atoms with Crippen LogP contribution in [0.1, 0.15) is 35.0 Å². The van der Waals surface area contributed by atoms with Crippen LogP contribution in [0.25, 0.3) is 11.3 Å². The number of amides is 1. The quantitative estimate of drug-likeness (QED) is 0.904. The van der Waals surface area contributed by atoms with Gasteiger partial charge in [0.1, 0.15) is 5.69 Å². The lowest BCUT2D eigenvalue weighted by atomic mass is 10.0. The van der Waals surface area contributed by atoms with Gasteiger partial charge >= 0.3 is 5.69 Å². The van der Waals surface area contributed by atoms with Crippen LogP contribution in [-0.4, -0.2) is 22.4 Å². The van der Waals surface area contributed by atoms with Crippen LogP contribution in [0.2, 0.25) is 0 Å². The molecule has 1 aromatic carbocycles.